The van der Waals surface area contributed by atoms with Gasteiger partial charge in [0.1, 0.15) is 5.01 Å². The average molecular weight is 433 g/mol. The molecule has 7 heteroatoms. The van der Waals surface area contributed by atoms with Crippen LogP contribution in [-0.4, -0.2) is 48.6 Å². The molecule has 0 radical (unpaired) electrons. The molecule has 6 nitrogen and oxygen atoms in total. The van der Waals surface area contributed by atoms with Crippen molar-refractivity contribution < 1.29 is 19.1 Å². The zero-order valence-electron chi connectivity index (χ0n) is 18.2. The first kappa shape index (κ1) is 24.0. The van der Waals surface area contributed by atoms with Crippen LogP contribution in [0, 0.1) is 0 Å². The van der Waals surface area contributed by atoms with Crippen LogP contribution in [0.15, 0.2) is 29.6 Å². The summed E-state index contributed by atoms with van der Waals surface area (Å²) in [6.07, 6.45) is 5.94. The zero-order chi connectivity index (χ0) is 21.8. The number of aryl methyl sites for hydroxylation is 1. The first-order valence-electron chi connectivity index (χ1n) is 10.6. The van der Waals surface area contributed by atoms with Crippen molar-refractivity contribution in [3.8, 4) is 0 Å². The van der Waals surface area contributed by atoms with Gasteiger partial charge in [-0.15, -0.1) is 11.3 Å². The molecule has 2 rings (SSSR count). The number of methoxy groups -OCH3 is 1. The van der Waals surface area contributed by atoms with Crippen LogP contribution in [0.3, 0.4) is 0 Å². The third-order valence-corrected chi connectivity index (χ3v) is 5.57. The van der Waals surface area contributed by atoms with Crippen molar-refractivity contribution in [1.82, 2.24) is 9.88 Å². The smallest absolute Gasteiger partial charge is 0.357 e. The molecule has 0 N–H and O–H groups in total. The van der Waals surface area contributed by atoms with Crippen LogP contribution < -0.4 is 0 Å². The van der Waals surface area contributed by atoms with E-state index in [2.05, 4.69) is 11.9 Å². The lowest BCUT2D eigenvalue weighted by molar-refractivity contribution is 0.0520. The van der Waals surface area contributed by atoms with Crippen molar-refractivity contribution in [2.75, 3.05) is 26.9 Å². The van der Waals surface area contributed by atoms with Crippen LogP contribution in [0.2, 0.25) is 0 Å². The standard InChI is InChI=1S/C23H32N2O4S/c1-4-6-7-8-9-18-10-12-19(13-11-18)22(26)25(14-15-28-3)16-21-24-20(17-30-21)23(27)29-5-2/h10-13,17H,4-9,14-16H2,1-3H3. The maximum Gasteiger partial charge on any atom is 0.357 e. The minimum absolute atomic E-state index is 0.0718. The van der Waals surface area contributed by atoms with Gasteiger partial charge in [0, 0.05) is 24.6 Å². The number of rotatable bonds is 13. The van der Waals surface area contributed by atoms with Gasteiger partial charge in [-0.3, -0.25) is 4.79 Å². The van der Waals surface area contributed by atoms with Gasteiger partial charge in [0.05, 0.1) is 19.8 Å². The lowest BCUT2D eigenvalue weighted by Crippen LogP contribution is -2.33. The Morgan fingerprint density at radius 3 is 2.53 bits per heavy atom. The van der Waals surface area contributed by atoms with Crippen LogP contribution >= 0.6 is 11.3 Å². The molecule has 1 aromatic heterocycles. The van der Waals surface area contributed by atoms with Crippen LogP contribution in [0.4, 0.5) is 0 Å². The summed E-state index contributed by atoms with van der Waals surface area (Å²) in [6, 6.07) is 7.86. The zero-order valence-corrected chi connectivity index (χ0v) is 19.0. The van der Waals surface area contributed by atoms with E-state index >= 15 is 0 Å². The van der Waals surface area contributed by atoms with Gasteiger partial charge in [-0.1, -0.05) is 38.3 Å². The average Bonchev–Trinajstić information content (AvgIpc) is 3.23. The molecule has 0 aliphatic rings. The Hall–Kier alpha value is -2.25. The molecule has 0 bridgehead atoms. The fourth-order valence-electron chi connectivity index (χ4n) is 3.05. The van der Waals surface area contributed by atoms with Gasteiger partial charge >= 0.3 is 5.97 Å². The molecule has 0 saturated carbocycles. The van der Waals surface area contributed by atoms with E-state index < -0.39 is 5.97 Å². The number of amides is 1. The Labute approximate surface area is 183 Å². The molecule has 0 aliphatic heterocycles. The van der Waals surface area contributed by atoms with Gasteiger partial charge in [-0.25, -0.2) is 9.78 Å². The lowest BCUT2D eigenvalue weighted by Gasteiger charge is -2.21. The molecule has 0 saturated heterocycles. The van der Waals surface area contributed by atoms with Gasteiger partial charge in [-0.05, 0) is 37.5 Å². The van der Waals surface area contributed by atoms with Gasteiger partial charge in [0.25, 0.3) is 5.91 Å². The molecule has 30 heavy (non-hydrogen) atoms. The summed E-state index contributed by atoms with van der Waals surface area (Å²) in [5.74, 6) is -0.512. The van der Waals surface area contributed by atoms with Gasteiger partial charge < -0.3 is 14.4 Å². The fourth-order valence-corrected chi connectivity index (χ4v) is 3.83. The van der Waals surface area contributed by atoms with Crippen molar-refractivity contribution in [2.45, 2.75) is 52.5 Å². The number of hydrogen-bond acceptors (Lipinski definition) is 6. The number of aromatic nitrogens is 1. The van der Waals surface area contributed by atoms with E-state index in [0.717, 1.165) is 6.42 Å². The van der Waals surface area contributed by atoms with Gasteiger partial charge in [0.2, 0.25) is 0 Å². The lowest BCUT2D eigenvalue weighted by atomic mass is 10.0. The SMILES string of the molecule is CCCCCCc1ccc(C(=O)N(CCOC)Cc2nc(C(=O)OCC)cs2)cc1. The van der Waals surface area contributed by atoms with Crippen molar-refractivity contribution in [2.24, 2.45) is 0 Å². The van der Waals surface area contributed by atoms with Crippen LogP contribution in [0.5, 0.6) is 0 Å². The molecular weight excluding hydrogens is 400 g/mol. The number of esters is 1. The van der Waals surface area contributed by atoms with Crippen LogP contribution in [0.1, 0.15) is 70.9 Å². The first-order valence-corrected chi connectivity index (χ1v) is 11.5. The highest BCUT2D eigenvalue weighted by Crippen LogP contribution is 2.17. The van der Waals surface area contributed by atoms with E-state index in [1.807, 2.05) is 24.3 Å². The molecule has 0 aliphatic carbocycles. The second kappa shape index (κ2) is 13.1. The Morgan fingerprint density at radius 2 is 1.87 bits per heavy atom. The van der Waals surface area contributed by atoms with E-state index in [1.165, 1.54) is 42.6 Å². The highest BCUT2D eigenvalue weighted by Gasteiger charge is 2.19. The summed E-state index contributed by atoms with van der Waals surface area (Å²) in [5, 5.41) is 2.36. The third-order valence-electron chi connectivity index (χ3n) is 4.73. The topological polar surface area (TPSA) is 68.7 Å². The highest BCUT2D eigenvalue weighted by atomic mass is 32.1. The number of unbranched alkanes of at least 4 members (excludes halogenated alkanes) is 3. The van der Waals surface area contributed by atoms with Crippen molar-refractivity contribution in [3.05, 3.63) is 51.5 Å². The number of hydrogen-bond donors (Lipinski definition) is 0. The van der Waals surface area contributed by atoms with E-state index in [-0.39, 0.29) is 11.6 Å². The second-order valence-corrected chi connectivity index (χ2v) is 8.02. The highest BCUT2D eigenvalue weighted by molar-refractivity contribution is 7.09. The summed E-state index contributed by atoms with van der Waals surface area (Å²) in [4.78, 5) is 30.9. The van der Waals surface area contributed by atoms with Crippen molar-refractivity contribution >= 4 is 23.2 Å². The molecular formula is C23H32N2O4S. The number of carbonyl (C=O) groups excluding carboxylic acids is 2. The van der Waals surface area contributed by atoms with Crippen molar-refractivity contribution in [3.63, 3.8) is 0 Å². The predicted molar refractivity (Wildman–Crippen MR) is 119 cm³/mol. The van der Waals surface area contributed by atoms with Crippen LogP contribution in [-0.2, 0) is 22.4 Å². The Bertz CT molecular complexity index is 789. The normalized spacial score (nSPS) is 10.8. The monoisotopic (exact) mass is 432 g/mol. The number of nitrogens with zero attached hydrogens (tertiary/aromatic N) is 2. The predicted octanol–water partition coefficient (Wildman–Crippen LogP) is 4.73. The number of carbonyl (C=O) groups is 2. The molecule has 0 spiro atoms. The molecule has 1 amide bonds. The minimum atomic E-state index is -0.440. The van der Waals surface area contributed by atoms with E-state index in [9.17, 15) is 9.59 Å². The van der Waals surface area contributed by atoms with Gasteiger partial charge in [-0.2, -0.15) is 0 Å². The van der Waals surface area contributed by atoms with E-state index in [1.54, 1.807) is 24.3 Å². The summed E-state index contributed by atoms with van der Waals surface area (Å²) < 4.78 is 10.2. The molecule has 0 atom stereocenters. The molecule has 164 valence electrons. The molecule has 1 heterocycles. The maximum atomic E-state index is 13.1. The number of benzene rings is 1. The first-order chi connectivity index (χ1) is 14.6. The second-order valence-electron chi connectivity index (χ2n) is 7.07. The van der Waals surface area contributed by atoms with Gasteiger partial charge in [0.15, 0.2) is 5.69 Å². The minimum Gasteiger partial charge on any atom is -0.461 e. The van der Waals surface area contributed by atoms with Crippen molar-refractivity contribution in [1.29, 1.82) is 0 Å². The summed E-state index contributed by atoms with van der Waals surface area (Å²) in [7, 11) is 1.61. The largest absolute Gasteiger partial charge is 0.461 e. The van der Waals surface area contributed by atoms with E-state index in [0.29, 0.717) is 36.9 Å². The Balaban J connectivity index is 2.03. The molecule has 0 fully saturated rings. The van der Waals surface area contributed by atoms with Crippen LogP contribution in [0.25, 0.3) is 0 Å². The summed E-state index contributed by atoms with van der Waals surface area (Å²) in [6.45, 7) is 5.47. The summed E-state index contributed by atoms with van der Waals surface area (Å²) in [5.41, 5.74) is 2.18. The molecule has 0 unspecified atom stereocenters. The number of thiazole rings is 1. The summed E-state index contributed by atoms with van der Waals surface area (Å²) >= 11 is 1.35. The maximum absolute atomic E-state index is 13.1. The quantitative estimate of drug-likeness (QED) is 0.338. The fraction of sp³-hybridized carbons (Fsp3) is 0.522. The Kier molecular flexibility index (Phi) is 10.5. The third kappa shape index (κ3) is 7.54. The van der Waals surface area contributed by atoms with E-state index in [4.69, 9.17) is 9.47 Å². The Morgan fingerprint density at radius 1 is 1.10 bits per heavy atom. The number of ether oxygens (including phenoxy) is 2. The molecule has 2 aromatic rings. The molecule has 1 aromatic carbocycles.